The third kappa shape index (κ3) is 4.15. The number of thioether (sulfide) groups is 1. The predicted molar refractivity (Wildman–Crippen MR) is 90.1 cm³/mol. The first-order valence-corrected chi connectivity index (χ1v) is 8.67. The summed E-state index contributed by atoms with van der Waals surface area (Å²) in [7, 11) is 0. The van der Waals surface area contributed by atoms with Crippen LogP contribution in [0.5, 0.6) is 0 Å². The van der Waals surface area contributed by atoms with Gasteiger partial charge >= 0.3 is 0 Å². The maximum Gasteiger partial charge on any atom is 0.240 e. The van der Waals surface area contributed by atoms with Crippen molar-refractivity contribution in [2.45, 2.75) is 49.2 Å². The molecule has 1 saturated heterocycles. The third-order valence-electron chi connectivity index (χ3n) is 4.14. The highest BCUT2D eigenvalue weighted by Crippen LogP contribution is 2.30. The summed E-state index contributed by atoms with van der Waals surface area (Å²) in [5.41, 5.74) is 1.24. The van der Waals surface area contributed by atoms with E-state index >= 15 is 0 Å². The second kappa shape index (κ2) is 7.52. The van der Waals surface area contributed by atoms with E-state index in [1.165, 1.54) is 23.3 Å². The summed E-state index contributed by atoms with van der Waals surface area (Å²) in [4.78, 5) is 16.0. The zero-order valence-electron chi connectivity index (χ0n) is 12.4. The van der Waals surface area contributed by atoms with Gasteiger partial charge in [0, 0.05) is 17.5 Å². The number of carbonyl (C=O) groups excluding carboxylic acids is 1. The molecule has 0 radical (unpaired) electrons. The number of nitrogens with one attached hydrogen (secondary N) is 1. The number of hydrogen-bond acceptors (Lipinski definition) is 3. The van der Waals surface area contributed by atoms with Gasteiger partial charge in [-0.25, -0.2) is 0 Å². The Balaban J connectivity index is 0.00000161. The van der Waals surface area contributed by atoms with Crippen molar-refractivity contribution in [2.24, 2.45) is 0 Å². The molecule has 1 N–H and O–H groups in total. The van der Waals surface area contributed by atoms with Gasteiger partial charge in [0.05, 0.1) is 6.04 Å². The van der Waals surface area contributed by atoms with Crippen molar-refractivity contribution in [1.82, 2.24) is 10.2 Å². The average molecular weight is 327 g/mol. The van der Waals surface area contributed by atoms with Crippen molar-refractivity contribution in [1.29, 1.82) is 0 Å². The third-order valence-corrected chi connectivity index (χ3v) is 4.88. The van der Waals surface area contributed by atoms with E-state index in [0.29, 0.717) is 11.9 Å². The van der Waals surface area contributed by atoms with E-state index in [9.17, 15) is 4.79 Å². The van der Waals surface area contributed by atoms with Crippen molar-refractivity contribution in [3.63, 3.8) is 0 Å². The second-order valence-corrected chi connectivity index (χ2v) is 6.57. The van der Waals surface area contributed by atoms with E-state index in [2.05, 4.69) is 40.7 Å². The lowest BCUT2D eigenvalue weighted by atomic mass is 10.1. The molecule has 0 bridgehead atoms. The lowest BCUT2D eigenvalue weighted by Crippen LogP contribution is -2.44. The van der Waals surface area contributed by atoms with Crippen molar-refractivity contribution in [2.75, 3.05) is 12.8 Å². The van der Waals surface area contributed by atoms with E-state index in [1.54, 1.807) is 11.8 Å². The molecule has 3 nitrogen and oxygen atoms in total. The second-order valence-electron chi connectivity index (χ2n) is 5.69. The fourth-order valence-electron chi connectivity index (χ4n) is 2.80. The number of halogens is 1. The van der Waals surface area contributed by atoms with Gasteiger partial charge in [-0.1, -0.05) is 12.1 Å². The van der Waals surface area contributed by atoms with Crippen LogP contribution in [-0.2, 0) is 11.3 Å². The Kier molecular flexibility index (Phi) is 5.97. The van der Waals surface area contributed by atoms with Crippen LogP contribution in [0.15, 0.2) is 29.2 Å². The molecule has 0 aromatic heterocycles. The molecular formula is C16H23ClN2OS. The molecule has 1 aromatic rings. The summed E-state index contributed by atoms with van der Waals surface area (Å²) >= 11 is 1.75. The molecule has 2 fully saturated rings. The van der Waals surface area contributed by atoms with Gasteiger partial charge in [0.15, 0.2) is 0 Å². The van der Waals surface area contributed by atoms with Gasteiger partial charge in [-0.05, 0) is 56.2 Å². The molecule has 116 valence electrons. The van der Waals surface area contributed by atoms with E-state index in [-0.39, 0.29) is 18.4 Å². The van der Waals surface area contributed by atoms with E-state index in [0.717, 1.165) is 25.9 Å². The van der Waals surface area contributed by atoms with Crippen LogP contribution in [0.2, 0.25) is 0 Å². The predicted octanol–water partition coefficient (Wildman–Crippen LogP) is 3.07. The summed E-state index contributed by atoms with van der Waals surface area (Å²) in [6.07, 6.45) is 6.54. The number of benzene rings is 1. The zero-order chi connectivity index (χ0) is 13.9. The summed E-state index contributed by atoms with van der Waals surface area (Å²) < 4.78 is 0. The number of amides is 1. The van der Waals surface area contributed by atoms with E-state index < -0.39 is 0 Å². The molecule has 0 spiro atoms. The van der Waals surface area contributed by atoms with Crippen LogP contribution < -0.4 is 5.32 Å². The Morgan fingerprint density at radius 2 is 2.00 bits per heavy atom. The van der Waals surface area contributed by atoms with Gasteiger partial charge < -0.3 is 10.2 Å². The topological polar surface area (TPSA) is 32.3 Å². The van der Waals surface area contributed by atoms with Crippen LogP contribution in [0.1, 0.15) is 31.2 Å². The van der Waals surface area contributed by atoms with Gasteiger partial charge in [-0.15, -0.1) is 24.2 Å². The number of rotatable bonds is 5. The fourth-order valence-corrected chi connectivity index (χ4v) is 3.20. The van der Waals surface area contributed by atoms with Crippen LogP contribution in [-0.4, -0.2) is 35.7 Å². The average Bonchev–Trinajstić information content (AvgIpc) is 3.18. The van der Waals surface area contributed by atoms with Crippen molar-refractivity contribution < 1.29 is 4.79 Å². The summed E-state index contributed by atoms with van der Waals surface area (Å²) in [5.74, 6) is 0.305. The molecule has 1 saturated carbocycles. The lowest BCUT2D eigenvalue weighted by molar-refractivity contribution is -0.134. The Morgan fingerprint density at radius 3 is 2.52 bits per heavy atom. The molecule has 1 aliphatic carbocycles. The summed E-state index contributed by atoms with van der Waals surface area (Å²) in [6, 6.07) is 9.12. The largest absolute Gasteiger partial charge is 0.334 e. The van der Waals surface area contributed by atoms with Gasteiger partial charge in [0.25, 0.3) is 0 Å². The zero-order valence-corrected chi connectivity index (χ0v) is 14.0. The smallest absolute Gasteiger partial charge is 0.240 e. The lowest BCUT2D eigenvalue weighted by Gasteiger charge is -2.26. The Labute approximate surface area is 137 Å². The SMILES string of the molecule is CSc1ccc(CN(C(=O)C2CCCN2)C2CC2)cc1.Cl. The highest BCUT2D eigenvalue weighted by molar-refractivity contribution is 7.98. The first kappa shape index (κ1) is 16.7. The fraction of sp³-hybridized carbons (Fsp3) is 0.562. The first-order chi connectivity index (χ1) is 9.78. The van der Waals surface area contributed by atoms with E-state index in [1.807, 2.05) is 0 Å². The Bertz CT molecular complexity index is 470. The molecule has 1 unspecified atom stereocenters. The van der Waals surface area contributed by atoms with Crippen LogP contribution >= 0.6 is 24.2 Å². The van der Waals surface area contributed by atoms with Gasteiger partial charge in [0.1, 0.15) is 0 Å². The number of carbonyl (C=O) groups is 1. The standard InChI is InChI=1S/C16H22N2OS.ClH/c1-20-14-8-4-12(5-9-14)11-18(13-6-7-13)16(19)15-3-2-10-17-15;/h4-5,8-9,13,15,17H,2-3,6-7,10-11H2,1H3;1H. The molecule has 1 aromatic carbocycles. The molecular weight excluding hydrogens is 304 g/mol. The molecule has 1 atom stereocenters. The van der Waals surface area contributed by atoms with Crippen molar-refractivity contribution >= 4 is 30.1 Å². The normalized spacial score (nSPS) is 20.9. The maximum absolute atomic E-state index is 12.6. The molecule has 1 aliphatic heterocycles. The summed E-state index contributed by atoms with van der Waals surface area (Å²) in [5, 5.41) is 3.33. The molecule has 2 aliphatic rings. The minimum absolute atomic E-state index is 0. The van der Waals surface area contributed by atoms with Gasteiger partial charge in [-0.2, -0.15) is 0 Å². The molecule has 1 heterocycles. The first-order valence-electron chi connectivity index (χ1n) is 7.45. The van der Waals surface area contributed by atoms with Gasteiger partial charge in [0.2, 0.25) is 5.91 Å². The number of nitrogens with zero attached hydrogens (tertiary/aromatic N) is 1. The highest BCUT2D eigenvalue weighted by atomic mass is 35.5. The number of hydrogen-bond donors (Lipinski definition) is 1. The van der Waals surface area contributed by atoms with Crippen molar-refractivity contribution in [3.05, 3.63) is 29.8 Å². The Morgan fingerprint density at radius 1 is 1.29 bits per heavy atom. The molecule has 3 rings (SSSR count). The van der Waals surface area contributed by atoms with Gasteiger partial charge in [-0.3, -0.25) is 4.79 Å². The monoisotopic (exact) mass is 326 g/mol. The Hall–Kier alpha value is -0.710. The summed E-state index contributed by atoms with van der Waals surface area (Å²) in [6.45, 7) is 1.74. The quantitative estimate of drug-likeness (QED) is 0.844. The van der Waals surface area contributed by atoms with Crippen molar-refractivity contribution in [3.8, 4) is 0 Å². The van der Waals surface area contributed by atoms with Crippen LogP contribution in [0.25, 0.3) is 0 Å². The maximum atomic E-state index is 12.6. The minimum Gasteiger partial charge on any atom is -0.334 e. The van der Waals surface area contributed by atoms with Crippen LogP contribution in [0, 0.1) is 0 Å². The van der Waals surface area contributed by atoms with Crippen LogP contribution in [0.4, 0.5) is 0 Å². The molecule has 21 heavy (non-hydrogen) atoms. The van der Waals surface area contributed by atoms with E-state index in [4.69, 9.17) is 0 Å². The minimum atomic E-state index is 0. The van der Waals surface area contributed by atoms with Crippen LogP contribution in [0.3, 0.4) is 0 Å². The highest BCUT2D eigenvalue weighted by Gasteiger charge is 2.36. The molecule has 1 amide bonds. The molecule has 5 heteroatoms.